The van der Waals surface area contributed by atoms with Crippen molar-refractivity contribution in [3.63, 3.8) is 0 Å². The lowest BCUT2D eigenvalue weighted by Crippen LogP contribution is -2.40. The molecule has 2 rings (SSSR count). The summed E-state index contributed by atoms with van der Waals surface area (Å²) < 4.78 is 1.98. The van der Waals surface area contributed by atoms with Crippen LogP contribution in [-0.2, 0) is 24.8 Å². The predicted octanol–water partition coefficient (Wildman–Crippen LogP) is 0.869. The highest BCUT2D eigenvalue weighted by molar-refractivity contribution is 5.68. The van der Waals surface area contributed by atoms with Crippen molar-refractivity contribution in [2.24, 2.45) is 13.0 Å². The fraction of sp³-hybridized carbons (Fsp3) is 0.733. The number of carboxylic acids is 1. The van der Waals surface area contributed by atoms with Crippen molar-refractivity contribution in [2.45, 2.75) is 32.7 Å². The van der Waals surface area contributed by atoms with Crippen molar-refractivity contribution in [1.82, 2.24) is 20.0 Å². The predicted molar refractivity (Wildman–Crippen MR) is 81.1 cm³/mol. The zero-order valence-electron chi connectivity index (χ0n) is 13.0. The molecule has 0 aromatic carbocycles. The highest BCUT2D eigenvalue weighted by Gasteiger charge is 2.21. The van der Waals surface area contributed by atoms with Crippen molar-refractivity contribution in [2.75, 3.05) is 26.2 Å². The van der Waals surface area contributed by atoms with Crippen LogP contribution in [0.4, 0.5) is 0 Å². The van der Waals surface area contributed by atoms with Crippen LogP contribution < -0.4 is 5.32 Å². The molecule has 0 bridgehead atoms. The van der Waals surface area contributed by atoms with E-state index in [0.29, 0.717) is 5.92 Å². The van der Waals surface area contributed by atoms with E-state index in [0.717, 1.165) is 38.3 Å². The van der Waals surface area contributed by atoms with E-state index in [4.69, 9.17) is 5.11 Å². The van der Waals surface area contributed by atoms with E-state index in [2.05, 4.69) is 28.3 Å². The van der Waals surface area contributed by atoms with Gasteiger partial charge in [0, 0.05) is 20.1 Å². The van der Waals surface area contributed by atoms with E-state index in [9.17, 15) is 4.79 Å². The first-order valence-electron chi connectivity index (χ1n) is 7.75. The molecule has 1 aliphatic rings. The number of aliphatic carboxylic acids is 1. The summed E-state index contributed by atoms with van der Waals surface area (Å²) in [6, 6.07) is 2.19. The molecule has 21 heavy (non-hydrogen) atoms. The maximum Gasteiger partial charge on any atom is 0.317 e. The average Bonchev–Trinajstić information content (AvgIpc) is 2.79. The molecular formula is C15H26N4O2. The Morgan fingerprint density at radius 3 is 3.05 bits per heavy atom. The van der Waals surface area contributed by atoms with E-state index in [1.54, 1.807) is 0 Å². The number of aromatic nitrogens is 2. The topological polar surface area (TPSA) is 70.4 Å². The fourth-order valence-electron chi connectivity index (χ4n) is 2.97. The Kier molecular flexibility index (Phi) is 5.76. The minimum Gasteiger partial charge on any atom is -0.480 e. The van der Waals surface area contributed by atoms with Gasteiger partial charge in [0.25, 0.3) is 0 Å². The molecule has 1 atom stereocenters. The molecule has 1 saturated heterocycles. The Hall–Kier alpha value is -1.40. The number of nitrogens with one attached hydrogen (secondary N) is 1. The summed E-state index contributed by atoms with van der Waals surface area (Å²) in [6.45, 7) is 6.03. The molecule has 1 aliphatic heterocycles. The van der Waals surface area contributed by atoms with Crippen molar-refractivity contribution in [3.05, 3.63) is 17.5 Å². The number of piperidine rings is 1. The van der Waals surface area contributed by atoms with Gasteiger partial charge in [-0.25, -0.2) is 0 Å². The zero-order chi connectivity index (χ0) is 15.2. The molecule has 1 unspecified atom stereocenters. The molecule has 6 heteroatoms. The van der Waals surface area contributed by atoms with Crippen LogP contribution >= 0.6 is 0 Å². The molecule has 1 aromatic heterocycles. The van der Waals surface area contributed by atoms with E-state index >= 15 is 0 Å². The molecule has 0 spiro atoms. The molecule has 2 heterocycles. The van der Waals surface area contributed by atoms with Gasteiger partial charge in [-0.05, 0) is 44.3 Å². The normalized spacial score (nSPS) is 19.8. The highest BCUT2D eigenvalue weighted by Crippen LogP contribution is 2.18. The minimum absolute atomic E-state index is 0.0537. The fourth-order valence-corrected chi connectivity index (χ4v) is 2.97. The Bertz CT molecular complexity index is 472. The maximum atomic E-state index is 10.5. The summed E-state index contributed by atoms with van der Waals surface area (Å²) in [5.74, 6) is -0.249. The lowest BCUT2D eigenvalue weighted by molar-refractivity contribution is -0.136. The maximum absolute atomic E-state index is 10.5. The van der Waals surface area contributed by atoms with Gasteiger partial charge in [0.15, 0.2) is 0 Å². The molecule has 118 valence electrons. The van der Waals surface area contributed by atoms with E-state index in [1.807, 2.05) is 11.7 Å². The summed E-state index contributed by atoms with van der Waals surface area (Å²) in [5.41, 5.74) is 2.40. The van der Waals surface area contributed by atoms with Gasteiger partial charge in [0.2, 0.25) is 0 Å². The number of carboxylic acid groups (broad SMARTS) is 1. The first kappa shape index (κ1) is 16.0. The molecule has 0 aliphatic carbocycles. The van der Waals surface area contributed by atoms with Crippen LogP contribution in [0.1, 0.15) is 31.2 Å². The van der Waals surface area contributed by atoms with E-state index < -0.39 is 5.97 Å². The molecule has 0 amide bonds. The smallest absolute Gasteiger partial charge is 0.317 e. The largest absolute Gasteiger partial charge is 0.480 e. The van der Waals surface area contributed by atoms with Crippen LogP contribution in [0.5, 0.6) is 0 Å². The quantitative estimate of drug-likeness (QED) is 0.781. The Morgan fingerprint density at radius 1 is 1.57 bits per heavy atom. The molecule has 1 fully saturated rings. The van der Waals surface area contributed by atoms with Crippen LogP contribution in [0.25, 0.3) is 0 Å². The van der Waals surface area contributed by atoms with Crippen molar-refractivity contribution in [3.8, 4) is 0 Å². The number of rotatable bonds is 7. The number of hydrogen-bond acceptors (Lipinski definition) is 4. The third-order valence-corrected chi connectivity index (χ3v) is 4.09. The second-order valence-corrected chi connectivity index (χ2v) is 5.87. The molecule has 1 aromatic rings. The van der Waals surface area contributed by atoms with Gasteiger partial charge in [-0.2, -0.15) is 5.10 Å². The lowest BCUT2D eigenvalue weighted by atomic mass is 9.98. The summed E-state index contributed by atoms with van der Waals surface area (Å²) >= 11 is 0. The SMILES string of the molecule is CCc1cc(CN2CCCC(CNCC(=O)O)C2)n(C)n1. The number of hydrogen-bond donors (Lipinski definition) is 2. The van der Waals surface area contributed by atoms with Crippen molar-refractivity contribution >= 4 is 5.97 Å². The van der Waals surface area contributed by atoms with Crippen LogP contribution in [-0.4, -0.2) is 51.9 Å². The third kappa shape index (κ3) is 4.82. The van der Waals surface area contributed by atoms with Gasteiger partial charge in [-0.15, -0.1) is 0 Å². The van der Waals surface area contributed by atoms with Gasteiger partial charge in [0.1, 0.15) is 0 Å². The highest BCUT2D eigenvalue weighted by atomic mass is 16.4. The van der Waals surface area contributed by atoms with Crippen LogP contribution in [0.15, 0.2) is 6.07 Å². The molecular weight excluding hydrogens is 268 g/mol. The summed E-state index contributed by atoms with van der Waals surface area (Å²) in [6.07, 6.45) is 3.32. The van der Waals surface area contributed by atoms with E-state index in [1.165, 1.54) is 18.5 Å². The number of carbonyl (C=O) groups is 1. The second kappa shape index (κ2) is 7.56. The van der Waals surface area contributed by atoms with Gasteiger partial charge >= 0.3 is 5.97 Å². The standard InChI is InChI=1S/C15H26N4O2/c1-3-13-7-14(18(2)17-13)11-19-6-4-5-12(10-19)8-16-9-15(20)21/h7,12,16H,3-6,8-11H2,1-2H3,(H,20,21). The van der Waals surface area contributed by atoms with Gasteiger partial charge in [0.05, 0.1) is 17.9 Å². The molecule has 0 radical (unpaired) electrons. The first-order valence-corrected chi connectivity index (χ1v) is 7.75. The summed E-state index contributed by atoms with van der Waals surface area (Å²) in [4.78, 5) is 13.0. The number of aryl methyl sites for hydroxylation is 2. The molecule has 0 saturated carbocycles. The minimum atomic E-state index is -0.787. The van der Waals surface area contributed by atoms with Crippen LogP contribution in [0.2, 0.25) is 0 Å². The third-order valence-electron chi connectivity index (χ3n) is 4.09. The first-order chi connectivity index (χ1) is 10.1. The Labute approximate surface area is 126 Å². The van der Waals surface area contributed by atoms with Gasteiger partial charge in [-0.1, -0.05) is 6.92 Å². The van der Waals surface area contributed by atoms with Crippen molar-refractivity contribution < 1.29 is 9.90 Å². The monoisotopic (exact) mass is 294 g/mol. The summed E-state index contributed by atoms with van der Waals surface area (Å²) in [7, 11) is 2.00. The van der Waals surface area contributed by atoms with Crippen LogP contribution in [0, 0.1) is 5.92 Å². The molecule has 2 N–H and O–H groups in total. The summed E-state index contributed by atoms with van der Waals surface area (Å²) in [5, 5.41) is 16.2. The Balaban J connectivity index is 1.83. The number of likely N-dealkylation sites (tertiary alicyclic amines) is 1. The van der Waals surface area contributed by atoms with Gasteiger partial charge in [-0.3, -0.25) is 14.4 Å². The molecule has 6 nitrogen and oxygen atoms in total. The van der Waals surface area contributed by atoms with Crippen molar-refractivity contribution in [1.29, 1.82) is 0 Å². The second-order valence-electron chi connectivity index (χ2n) is 5.87. The average molecular weight is 294 g/mol. The number of nitrogens with zero attached hydrogens (tertiary/aromatic N) is 3. The van der Waals surface area contributed by atoms with Crippen LogP contribution in [0.3, 0.4) is 0 Å². The van der Waals surface area contributed by atoms with E-state index in [-0.39, 0.29) is 6.54 Å². The Morgan fingerprint density at radius 2 is 2.38 bits per heavy atom. The van der Waals surface area contributed by atoms with Gasteiger partial charge < -0.3 is 10.4 Å². The lowest BCUT2D eigenvalue weighted by Gasteiger charge is -2.32. The zero-order valence-corrected chi connectivity index (χ0v) is 13.0.